The first-order chi connectivity index (χ1) is 9.35. The second kappa shape index (κ2) is 6.09. The summed E-state index contributed by atoms with van der Waals surface area (Å²) < 4.78 is 47.3. The van der Waals surface area contributed by atoms with E-state index in [1.807, 2.05) is 0 Å². The van der Waals surface area contributed by atoms with Crippen molar-refractivity contribution >= 4 is 37.5 Å². The van der Waals surface area contributed by atoms with Crippen molar-refractivity contribution in [2.75, 3.05) is 5.32 Å². The summed E-state index contributed by atoms with van der Waals surface area (Å²) in [7, 11) is 0. The van der Waals surface area contributed by atoms with Crippen LogP contribution in [0.5, 0.6) is 5.75 Å². The quantitative estimate of drug-likeness (QED) is 0.735. The van der Waals surface area contributed by atoms with E-state index in [1.54, 1.807) is 12.1 Å². The largest absolute Gasteiger partial charge is 0.573 e. The van der Waals surface area contributed by atoms with Gasteiger partial charge in [-0.3, -0.25) is 0 Å². The molecule has 0 unspecified atom stereocenters. The van der Waals surface area contributed by atoms with Crippen LogP contribution in [0.1, 0.15) is 5.76 Å². The fourth-order valence-corrected chi connectivity index (χ4v) is 2.15. The number of furan rings is 1. The van der Waals surface area contributed by atoms with Crippen LogP contribution in [-0.2, 0) is 6.54 Å². The Morgan fingerprint density at radius 3 is 2.50 bits per heavy atom. The number of nitrogens with one attached hydrogen (secondary N) is 1. The summed E-state index contributed by atoms with van der Waals surface area (Å²) >= 11 is 6.44. The van der Waals surface area contributed by atoms with Crippen molar-refractivity contribution in [3.05, 3.63) is 45.2 Å². The highest BCUT2D eigenvalue weighted by molar-refractivity contribution is 9.13. The van der Waals surface area contributed by atoms with Gasteiger partial charge in [0.25, 0.3) is 0 Å². The highest BCUT2D eigenvalue weighted by atomic mass is 79.9. The van der Waals surface area contributed by atoms with E-state index in [0.29, 0.717) is 10.4 Å². The van der Waals surface area contributed by atoms with Crippen molar-refractivity contribution in [3.63, 3.8) is 0 Å². The average Bonchev–Trinajstić information content (AvgIpc) is 2.66. The lowest BCUT2D eigenvalue weighted by molar-refractivity contribution is -0.274. The summed E-state index contributed by atoms with van der Waals surface area (Å²) in [5.74, 6) is 0.273. The van der Waals surface area contributed by atoms with Crippen LogP contribution in [0.4, 0.5) is 18.9 Å². The number of hydrogen-bond donors (Lipinski definition) is 1. The topological polar surface area (TPSA) is 34.4 Å². The molecule has 108 valence electrons. The van der Waals surface area contributed by atoms with E-state index in [0.717, 1.165) is 4.47 Å². The Bertz CT molecular complexity index is 579. The van der Waals surface area contributed by atoms with Crippen LogP contribution in [0.15, 0.2) is 43.9 Å². The first-order valence-electron chi connectivity index (χ1n) is 5.37. The zero-order chi connectivity index (χ0) is 14.8. The Kier molecular flexibility index (Phi) is 4.64. The molecule has 0 spiro atoms. The predicted octanol–water partition coefficient (Wildman–Crippen LogP) is 5.32. The summed E-state index contributed by atoms with van der Waals surface area (Å²) in [6.07, 6.45) is -4.73. The number of ether oxygens (including phenoxy) is 1. The molecular weight excluding hydrogens is 407 g/mol. The normalized spacial score (nSPS) is 11.4. The lowest BCUT2D eigenvalue weighted by Gasteiger charge is -2.13. The van der Waals surface area contributed by atoms with E-state index >= 15 is 0 Å². The molecular formula is C12H8Br2F3NO2. The minimum atomic E-state index is -4.73. The minimum absolute atomic E-state index is 0.225. The van der Waals surface area contributed by atoms with Gasteiger partial charge in [0.2, 0.25) is 0 Å². The molecule has 0 atom stereocenters. The van der Waals surface area contributed by atoms with E-state index < -0.39 is 6.36 Å². The van der Waals surface area contributed by atoms with Crippen LogP contribution in [0.3, 0.4) is 0 Å². The summed E-state index contributed by atoms with van der Waals surface area (Å²) in [5.41, 5.74) is 0.230. The predicted molar refractivity (Wildman–Crippen MR) is 74.6 cm³/mol. The lowest BCUT2D eigenvalue weighted by Crippen LogP contribution is -2.18. The molecule has 2 aromatic rings. The van der Waals surface area contributed by atoms with Crippen LogP contribution in [-0.4, -0.2) is 6.36 Å². The third-order valence-electron chi connectivity index (χ3n) is 2.26. The first-order valence-corrected chi connectivity index (χ1v) is 6.96. The standard InChI is InChI=1S/C12H8Br2F3NO2/c13-8-5-7(19-11(8)14)6-18-9-3-1-2-4-10(9)20-12(15,16)17/h1-5,18H,6H2. The molecule has 0 aliphatic rings. The van der Waals surface area contributed by atoms with Crippen molar-refractivity contribution in [2.45, 2.75) is 12.9 Å². The van der Waals surface area contributed by atoms with Gasteiger partial charge in [-0.15, -0.1) is 13.2 Å². The SMILES string of the molecule is FC(F)(F)Oc1ccccc1NCc1cc(Br)c(Br)o1. The van der Waals surface area contributed by atoms with Gasteiger partial charge in [-0.1, -0.05) is 12.1 Å². The Balaban J connectivity index is 2.09. The van der Waals surface area contributed by atoms with Gasteiger partial charge >= 0.3 is 6.36 Å². The van der Waals surface area contributed by atoms with Gasteiger partial charge in [-0.2, -0.15) is 0 Å². The van der Waals surface area contributed by atoms with Gasteiger partial charge in [0.15, 0.2) is 10.4 Å². The molecule has 0 aliphatic heterocycles. The van der Waals surface area contributed by atoms with E-state index in [-0.39, 0.29) is 18.0 Å². The molecule has 0 bridgehead atoms. The molecule has 0 amide bonds. The number of hydrogen-bond acceptors (Lipinski definition) is 3. The van der Waals surface area contributed by atoms with Gasteiger partial charge in [0.1, 0.15) is 5.76 Å². The molecule has 0 aliphatic carbocycles. The monoisotopic (exact) mass is 413 g/mol. The zero-order valence-electron chi connectivity index (χ0n) is 9.80. The molecule has 2 rings (SSSR count). The maximum Gasteiger partial charge on any atom is 0.573 e. The molecule has 1 aromatic heterocycles. The average molecular weight is 415 g/mol. The fourth-order valence-electron chi connectivity index (χ4n) is 1.49. The number of anilines is 1. The molecule has 1 heterocycles. The van der Waals surface area contributed by atoms with Crippen molar-refractivity contribution in [3.8, 4) is 5.75 Å². The highest BCUT2D eigenvalue weighted by Gasteiger charge is 2.32. The third kappa shape index (κ3) is 4.17. The smallest absolute Gasteiger partial charge is 0.451 e. The Labute approximate surface area is 129 Å². The maximum absolute atomic E-state index is 12.3. The van der Waals surface area contributed by atoms with Gasteiger partial charge in [0, 0.05) is 0 Å². The van der Waals surface area contributed by atoms with E-state index in [9.17, 15) is 13.2 Å². The van der Waals surface area contributed by atoms with Crippen LogP contribution in [0.25, 0.3) is 0 Å². The molecule has 8 heteroatoms. The van der Waals surface area contributed by atoms with E-state index in [4.69, 9.17) is 4.42 Å². The van der Waals surface area contributed by atoms with Gasteiger partial charge < -0.3 is 14.5 Å². The molecule has 1 N–H and O–H groups in total. The van der Waals surface area contributed by atoms with Gasteiger partial charge in [0.05, 0.1) is 16.7 Å². The van der Waals surface area contributed by atoms with Crippen LogP contribution >= 0.6 is 31.9 Å². The Morgan fingerprint density at radius 2 is 1.90 bits per heavy atom. The second-order valence-corrected chi connectivity index (χ2v) is 5.31. The number of benzene rings is 1. The van der Waals surface area contributed by atoms with E-state index in [1.165, 1.54) is 18.2 Å². The minimum Gasteiger partial charge on any atom is -0.451 e. The van der Waals surface area contributed by atoms with Gasteiger partial charge in [-0.05, 0) is 50.1 Å². The summed E-state index contributed by atoms with van der Waals surface area (Å²) in [4.78, 5) is 0. The summed E-state index contributed by atoms with van der Waals surface area (Å²) in [6.45, 7) is 0.225. The molecule has 3 nitrogen and oxygen atoms in total. The van der Waals surface area contributed by atoms with E-state index in [2.05, 4.69) is 41.9 Å². The number of alkyl halides is 3. The van der Waals surface area contributed by atoms with Crippen molar-refractivity contribution in [2.24, 2.45) is 0 Å². The van der Waals surface area contributed by atoms with Crippen molar-refractivity contribution < 1.29 is 22.3 Å². The molecule has 20 heavy (non-hydrogen) atoms. The molecule has 0 saturated carbocycles. The number of rotatable bonds is 4. The summed E-state index contributed by atoms with van der Waals surface area (Å²) in [5, 5.41) is 2.83. The third-order valence-corrected chi connectivity index (χ3v) is 3.97. The Morgan fingerprint density at radius 1 is 1.20 bits per heavy atom. The highest BCUT2D eigenvalue weighted by Crippen LogP contribution is 2.31. The van der Waals surface area contributed by atoms with Crippen LogP contribution in [0, 0.1) is 0 Å². The molecule has 0 fully saturated rings. The summed E-state index contributed by atoms with van der Waals surface area (Å²) in [6, 6.07) is 7.52. The van der Waals surface area contributed by atoms with Crippen molar-refractivity contribution in [1.82, 2.24) is 0 Å². The van der Waals surface area contributed by atoms with Crippen LogP contribution in [0.2, 0.25) is 0 Å². The maximum atomic E-state index is 12.3. The number of para-hydroxylation sites is 2. The van der Waals surface area contributed by atoms with Gasteiger partial charge in [-0.25, -0.2) is 0 Å². The lowest BCUT2D eigenvalue weighted by atomic mass is 10.3. The molecule has 1 aromatic carbocycles. The fraction of sp³-hybridized carbons (Fsp3) is 0.167. The second-order valence-electron chi connectivity index (χ2n) is 3.73. The Hall–Kier alpha value is -1.15. The number of halogens is 5. The van der Waals surface area contributed by atoms with Crippen LogP contribution < -0.4 is 10.1 Å². The van der Waals surface area contributed by atoms with Crippen molar-refractivity contribution in [1.29, 1.82) is 0 Å². The molecule has 0 saturated heterocycles. The molecule has 0 radical (unpaired) electrons. The zero-order valence-corrected chi connectivity index (χ0v) is 13.0. The first kappa shape index (κ1) is 15.2.